The Bertz CT molecular complexity index is 723. The molecule has 5 nitrogen and oxygen atoms in total. The van der Waals surface area contributed by atoms with Crippen LogP contribution in [0, 0.1) is 12.3 Å². The maximum atomic E-state index is 11.7. The molecule has 1 aromatic heterocycles. The highest BCUT2D eigenvalue weighted by molar-refractivity contribution is 5.82. The number of amides is 1. The summed E-state index contributed by atoms with van der Waals surface area (Å²) in [6.07, 6.45) is 2.00. The van der Waals surface area contributed by atoms with E-state index in [1.54, 1.807) is 0 Å². The Balaban J connectivity index is 1.57. The largest absolute Gasteiger partial charge is 0.476 e. The van der Waals surface area contributed by atoms with Crippen LogP contribution in [0.15, 0.2) is 30.3 Å². The van der Waals surface area contributed by atoms with Gasteiger partial charge in [-0.1, -0.05) is 39.0 Å². The Morgan fingerprint density at radius 2 is 1.85 bits per heavy atom. The Kier molecular flexibility index (Phi) is 7.39. The average molecular weight is 357 g/mol. The van der Waals surface area contributed by atoms with Crippen LogP contribution in [0.4, 0.5) is 0 Å². The number of pyridine rings is 1. The number of carbonyl (C=O) groups excluding carboxylic acids is 1. The van der Waals surface area contributed by atoms with Crippen molar-refractivity contribution in [1.82, 2.24) is 15.6 Å². The molecule has 2 rings (SSSR count). The summed E-state index contributed by atoms with van der Waals surface area (Å²) in [5.41, 5.74) is 1.84. The molecule has 1 amide bonds. The molecule has 1 heterocycles. The molecule has 0 spiro atoms. The van der Waals surface area contributed by atoms with Crippen LogP contribution in [0.3, 0.4) is 0 Å². The fraction of sp³-hybridized carbons (Fsp3) is 0.524. The van der Waals surface area contributed by atoms with E-state index in [4.69, 9.17) is 4.74 Å². The van der Waals surface area contributed by atoms with E-state index in [1.807, 2.05) is 39.0 Å². The van der Waals surface area contributed by atoms with E-state index >= 15 is 0 Å². The van der Waals surface area contributed by atoms with Crippen molar-refractivity contribution in [3.05, 3.63) is 35.9 Å². The third-order valence-corrected chi connectivity index (χ3v) is 4.17. The number of nitrogens with zero attached hydrogens (tertiary/aromatic N) is 1. The highest BCUT2D eigenvalue weighted by atomic mass is 16.5. The molecule has 0 aliphatic heterocycles. The number of para-hydroxylation sites is 1. The summed E-state index contributed by atoms with van der Waals surface area (Å²) in [6.45, 7) is 10.9. The number of aryl methyl sites for hydroxylation is 1. The standard InChI is InChI=1S/C21H31N3O2/c1-16-8-7-9-17-10-11-18(24-19(16)17)26-15-14-22-12-5-6-13-23-20(25)21(2,3)4/h7-11,22H,5-6,12-15H2,1-4H3,(H,23,25). The van der Waals surface area contributed by atoms with Crippen molar-refractivity contribution in [2.24, 2.45) is 5.41 Å². The quantitative estimate of drug-likeness (QED) is 0.675. The fourth-order valence-electron chi connectivity index (χ4n) is 2.55. The monoisotopic (exact) mass is 357 g/mol. The lowest BCUT2D eigenvalue weighted by atomic mass is 9.96. The van der Waals surface area contributed by atoms with Gasteiger partial charge in [0.05, 0.1) is 5.52 Å². The van der Waals surface area contributed by atoms with Gasteiger partial charge in [-0.25, -0.2) is 4.98 Å². The van der Waals surface area contributed by atoms with Crippen LogP contribution in [0.5, 0.6) is 5.88 Å². The molecule has 0 saturated heterocycles. The first-order chi connectivity index (χ1) is 12.4. The molecule has 0 fully saturated rings. The number of unbranched alkanes of at least 4 members (excludes halogenated alkanes) is 1. The van der Waals surface area contributed by atoms with Gasteiger partial charge in [-0.2, -0.15) is 0 Å². The normalized spacial score (nSPS) is 11.5. The molecular formula is C21H31N3O2. The zero-order chi connectivity index (χ0) is 19.0. The Labute approximate surface area is 156 Å². The molecule has 142 valence electrons. The Hall–Kier alpha value is -2.14. The van der Waals surface area contributed by atoms with Crippen LogP contribution in [-0.2, 0) is 4.79 Å². The van der Waals surface area contributed by atoms with E-state index in [2.05, 4.69) is 34.7 Å². The first-order valence-electron chi connectivity index (χ1n) is 9.36. The first-order valence-corrected chi connectivity index (χ1v) is 9.36. The molecule has 26 heavy (non-hydrogen) atoms. The van der Waals surface area contributed by atoms with Gasteiger partial charge in [0.15, 0.2) is 0 Å². The van der Waals surface area contributed by atoms with Crippen LogP contribution >= 0.6 is 0 Å². The van der Waals surface area contributed by atoms with E-state index in [-0.39, 0.29) is 11.3 Å². The van der Waals surface area contributed by atoms with Crippen molar-refractivity contribution >= 4 is 16.8 Å². The Morgan fingerprint density at radius 1 is 1.08 bits per heavy atom. The maximum absolute atomic E-state index is 11.7. The molecule has 2 N–H and O–H groups in total. The lowest BCUT2D eigenvalue weighted by molar-refractivity contribution is -0.128. The molecule has 0 bridgehead atoms. The lowest BCUT2D eigenvalue weighted by Gasteiger charge is -2.17. The second-order valence-corrected chi connectivity index (χ2v) is 7.61. The molecule has 2 aromatic rings. The molecule has 1 aromatic carbocycles. The smallest absolute Gasteiger partial charge is 0.225 e. The second kappa shape index (κ2) is 9.53. The van der Waals surface area contributed by atoms with Gasteiger partial charge in [-0.05, 0) is 37.9 Å². The third kappa shape index (κ3) is 6.30. The van der Waals surface area contributed by atoms with Crippen molar-refractivity contribution in [3.63, 3.8) is 0 Å². The van der Waals surface area contributed by atoms with Crippen molar-refractivity contribution in [2.45, 2.75) is 40.5 Å². The van der Waals surface area contributed by atoms with Gasteiger partial charge < -0.3 is 15.4 Å². The van der Waals surface area contributed by atoms with Crippen molar-refractivity contribution in [1.29, 1.82) is 0 Å². The zero-order valence-electron chi connectivity index (χ0n) is 16.4. The molecular weight excluding hydrogens is 326 g/mol. The summed E-state index contributed by atoms with van der Waals surface area (Å²) < 4.78 is 5.74. The van der Waals surface area contributed by atoms with E-state index < -0.39 is 0 Å². The number of hydrogen-bond donors (Lipinski definition) is 2. The highest BCUT2D eigenvalue weighted by Crippen LogP contribution is 2.19. The van der Waals surface area contributed by atoms with Gasteiger partial charge in [0.2, 0.25) is 11.8 Å². The first kappa shape index (κ1) is 20.2. The highest BCUT2D eigenvalue weighted by Gasteiger charge is 2.19. The van der Waals surface area contributed by atoms with Crippen LogP contribution in [0.1, 0.15) is 39.2 Å². The minimum absolute atomic E-state index is 0.108. The van der Waals surface area contributed by atoms with Crippen molar-refractivity contribution in [2.75, 3.05) is 26.2 Å². The minimum Gasteiger partial charge on any atom is -0.476 e. The fourth-order valence-corrected chi connectivity index (χ4v) is 2.55. The average Bonchev–Trinajstić information content (AvgIpc) is 2.60. The number of hydrogen-bond acceptors (Lipinski definition) is 4. The maximum Gasteiger partial charge on any atom is 0.225 e. The SMILES string of the molecule is Cc1cccc2ccc(OCCNCCCCNC(=O)C(C)(C)C)nc12. The van der Waals surface area contributed by atoms with Gasteiger partial charge in [0, 0.05) is 30.0 Å². The van der Waals surface area contributed by atoms with Gasteiger partial charge in [-0.3, -0.25) is 4.79 Å². The van der Waals surface area contributed by atoms with Crippen LogP contribution in [0.2, 0.25) is 0 Å². The summed E-state index contributed by atoms with van der Waals surface area (Å²) in [5.74, 6) is 0.774. The van der Waals surface area contributed by atoms with Crippen LogP contribution in [0.25, 0.3) is 10.9 Å². The molecule has 0 aliphatic rings. The number of ether oxygens (including phenoxy) is 1. The summed E-state index contributed by atoms with van der Waals surface area (Å²) >= 11 is 0. The van der Waals surface area contributed by atoms with Crippen LogP contribution in [-0.4, -0.2) is 37.1 Å². The summed E-state index contributed by atoms with van der Waals surface area (Å²) in [6, 6.07) is 10.1. The lowest BCUT2D eigenvalue weighted by Crippen LogP contribution is -2.35. The number of carbonyl (C=O) groups is 1. The number of rotatable bonds is 9. The number of aromatic nitrogens is 1. The predicted molar refractivity (Wildman–Crippen MR) is 107 cm³/mol. The number of fused-ring (bicyclic) bond motifs is 1. The van der Waals surface area contributed by atoms with Crippen molar-refractivity contribution < 1.29 is 9.53 Å². The van der Waals surface area contributed by atoms with Gasteiger partial charge in [-0.15, -0.1) is 0 Å². The van der Waals surface area contributed by atoms with Crippen molar-refractivity contribution in [3.8, 4) is 5.88 Å². The van der Waals surface area contributed by atoms with Crippen LogP contribution < -0.4 is 15.4 Å². The summed E-state index contributed by atoms with van der Waals surface area (Å²) in [7, 11) is 0. The van der Waals surface area contributed by atoms with E-state index in [0.29, 0.717) is 12.5 Å². The predicted octanol–water partition coefficient (Wildman–Crippen LogP) is 3.45. The zero-order valence-corrected chi connectivity index (χ0v) is 16.4. The molecule has 0 saturated carbocycles. The molecule has 5 heteroatoms. The van der Waals surface area contributed by atoms with Gasteiger partial charge in [0.1, 0.15) is 6.61 Å². The van der Waals surface area contributed by atoms with Gasteiger partial charge >= 0.3 is 0 Å². The van der Waals surface area contributed by atoms with E-state index in [1.165, 1.54) is 0 Å². The second-order valence-electron chi connectivity index (χ2n) is 7.61. The molecule has 0 atom stereocenters. The summed E-state index contributed by atoms with van der Waals surface area (Å²) in [5, 5.41) is 7.46. The number of nitrogens with one attached hydrogen (secondary N) is 2. The van der Waals surface area contributed by atoms with Gasteiger partial charge in [0.25, 0.3) is 0 Å². The topological polar surface area (TPSA) is 63.2 Å². The third-order valence-electron chi connectivity index (χ3n) is 4.17. The van der Waals surface area contributed by atoms with E-state index in [9.17, 15) is 4.79 Å². The Morgan fingerprint density at radius 3 is 2.62 bits per heavy atom. The van der Waals surface area contributed by atoms with E-state index in [0.717, 1.165) is 48.9 Å². The minimum atomic E-state index is -0.315. The molecule has 0 unspecified atom stereocenters. The molecule has 0 aliphatic carbocycles. The summed E-state index contributed by atoms with van der Waals surface area (Å²) in [4.78, 5) is 16.3. The molecule has 0 radical (unpaired) electrons. The number of benzene rings is 1.